The van der Waals surface area contributed by atoms with E-state index < -0.39 is 83.7 Å². The van der Waals surface area contributed by atoms with Gasteiger partial charge in [0, 0.05) is 24.6 Å². The Bertz CT molecular complexity index is 2990. The summed E-state index contributed by atoms with van der Waals surface area (Å²) in [7, 11) is -6.70. The third-order valence-corrected chi connectivity index (χ3v) is 23.0. The average molecular weight is 1100 g/mol. The molecule has 6 aromatic rings. The minimum Gasteiger partial charge on any atom is -0.535 e. The van der Waals surface area contributed by atoms with Crippen LogP contribution in [0.5, 0.6) is 5.88 Å². The van der Waals surface area contributed by atoms with Crippen LogP contribution in [0, 0.1) is 20.2 Å². The lowest BCUT2D eigenvalue weighted by Gasteiger charge is -2.43. The van der Waals surface area contributed by atoms with Crippen LogP contribution in [0.4, 0.5) is 26.8 Å². The molecule has 410 valence electrons. The van der Waals surface area contributed by atoms with Crippen LogP contribution in [0.15, 0.2) is 163 Å². The number of carbonyl (C=O) groups excluding carboxylic acids is 2. The summed E-state index contributed by atoms with van der Waals surface area (Å²) in [5, 5.41) is 28.1. The zero-order valence-electron chi connectivity index (χ0n) is 46.5. The van der Waals surface area contributed by atoms with Gasteiger partial charge in [-0.25, -0.2) is 9.59 Å². The number of pyridine rings is 1. The van der Waals surface area contributed by atoms with Crippen LogP contribution >= 0.6 is 0 Å². The predicted molar refractivity (Wildman–Crippen MR) is 306 cm³/mol. The number of imide groups is 1. The number of aromatic nitrogens is 1. The average Bonchev–Trinajstić information content (AvgIpc) is 3.90. The Balaban J connectivity index is 1.47. The Morgan fingerprint density at radius 1 is 0.615 bits per heavy atom. The summed E-state index contributed by atoms with van der Waals surface area (Å²) in [6.07, 6.45) is -2.62. The Morgan fingerprint density at radius 2 is 1.05 bits per heavy atom. The van der Waals surface area contributed by atoms with Gasteiger partial charge in [-0.3, -0.25) is 20.2 Å². The van der Waals surface area contributed by atoms with Crippen LogP contribution in [-0.2, 0) is 29.5 Å². The van der Waals surface area contributed by atoms with E-state index >= 15 is 0 Å². The van der Waals surface area contributed by atoms with Gasteiger partial charge in [0.15, 0.2) is 0 Å². The number of rotatable bonds is 17. The van der Waals surface area contributed by atoms with Crippen LogP contribution in [-0.4, -0.2) is 74.2 Å². The molecule has 2 heterocycles. The number of carbonyl (C=O) groups is 2. The SMILES string of the molecule is CC(C)(C)OC(=O)N(C(=O)OC(C)(C)C)c1nc(OCCc2ccc([N+](=O)[O-])cc2)c(C2OC(CO[Si](c3ccccc3)(c3ccccc3)C(C)(C)C)C=C2O[Si](c2ccccc2)(c2ccccc2)C(C)(C)C)cc1[N+](=O)[O-]. The van der Waals surface area contributed by atoms with Crippen LogP contribution in [0.3, 0.4) is 0 Å². The van der Waals surface area contributed by atoms with Gasteiger partial charge in [-0.2, -0.15) is 9.88 Å². The van der Waals surface area contributed by atoms with Gasteiger partial charge < -0.3 is 27.8 Å². The first-order valence-electron chi connectivity index (χ1n) is 25.9. The molecule has 0 N–H and O–H groups in total. The molecular weight excluding hydrogens is 1020 g/mol. The summed E-state index contributed by atoms with van der Waals surface area (Å²) in [6.45, 7) is 22.3. The van der Waals surface area contributed by atoms with E-state index in [4.69, 9.17) is 32.8 Å². The highest BCUT2D eigenvalue weighted by Crippen LogP contribution is 2.47. The lowest BCUT2D eigenvalue weighted by Crippen LogP contribution is -2.67. The number of nitrogens with zero attached hydrogens (tertiary/aromatic N) is 4. The second-order valence-corrected chi connectivity index (χ2v) is 31.7. The predicted octanol–water partition coefficient (Wildman–Crippen LogP) is 11.7. The van der Waals surface area contributed by atoms with Crippen molar-refractivity contribution in [2.75, 3.05) is 18.1 Å². The van der Waals surface area contributed by atoms with Crippen molar-refractivity contribution in [1.82, 2.24) is 4.98 Å². The van der Waals surface area contributed by atoms with Gasteiger partial charge >= 0.3 is 26.2 Å². The summed E-state index contributed by atoms with van der Waals surface area (Å²) in [5.41, 5.74) is -2.50. The van der Waals surface area contributed by atoms with Crippen molar-refractivity contribution in [3.63, 3.8) is 0 Å². The van der Waals surface area contributed by atoms with Crippen molar-refractivity contribution in [2.24, 2.45) is 0 Å². The lowest BCUT2D eigenvalue weighted by molar-refractivity contribution is -0.384. The number of anilines is 1. The molecule has 1 aliphatic rings. The second kappa shape index (κ2) is 23.2. The van der Waals surface area contributed by atoms with Crippen molar-refractivity contribution < 1.29 is 47.2 Å². The van der Waals surface area contributed by atoms with Gasteiger partial charge in [0.1, 0.15) is 29.2 Å². The number of hydrogen-bond donors (Lipinski definition) is 0. The molecule has 16 nitrogen and oxygen atoms in total. The number of non-ortho nitro benzene ring substituents is 1. The maximum Gasteiger partial charge on any atom is 0.426 e. The molecule has 18 heteroatoms. The Morgan fingerprint density at radius 3 is 1.45 bits per heavy atom. The monoisotopic (exact) mass is 1090 g/mol. The Labute approximate surface area is 458 Å². The number of nitro benzene ring substituents is 1. The highest BCUT2D eigenvalue weighted by molar-refractivity contribution is 7.00. The van der Waals surface area contributed by atoms with Crippen LogP contribution in [0.25, 0.3) is 0 Å². The molecule has 7 rings (SSSR count). The van der Waals surface area contributed by atoms with Crippen molar-refractivity contribution in [3.8, 4) is 5.88 Å². The molecular formula is C60H70N4O12Si2. The van der Waals surface area contributed by atoms with Gasteiger partial charge in [-0.05, 0) is 84.0 Å². The van der Waals surface area contributed by atoms with E-state index in [2.05, 4.69) is 90.1 Å². The first-order valence-corrected chi connectivity index (χ1v) is 29.7. The van der Waals surface area contributed by atoms with Gasteiger partial charge in [0.25, 0.3) is 14.0 Å². The summed E-state index contributed by atoms with van der Waals surface area (Å²) < 4.78 is 40.4. The topological polar surface area (TPSA) is 192 Å². The number of benzene rings is 5. The Hall–Kier alpha value is -7.52. The van der Waals surface area contributed by atoms with E-state index in [1.54, 1.807) is 53.7 Å². The van der Waals surface area contributed by atoms with Gasteiger partial charge in [0.05, 0.1) is 28.6 Å². The van der Waals surface area contributed by atoms with E-state index in [1.807, 2.05) is 78.9 Å². The molecule has 2 amide bonds. The van der Waals surface area contributed by atoms with E-state index in [9.17, 15) is 29.8 Å². The van der Waals surface area contributed by atoms with Crippen molar-refractivity contribution in [2.45, 2.75) is 123 Å². The third-order valence-electron chi connectivity index (χ3n) is 13.1. The fourth-order valence-corrected chi connectivity index (χ4v) is 18.8. The summed E-state index contributed by atoms with van der Waals surface area (Å²) in [5.74, 6) is -0.675. The van der Waals surface area contributed by atoms with E-state index in [1.165, 1.54) is 18.2 Å². The first kappa shape index (κ1) is 58.2. The summed E-state index contributed by atoms with van der Waals surface area (Å²) in [6, 6.07) is 47.5. The molecule has 1 aliphatic heterocycles. The molecule has 0 saturated heterocycles. The molecule has 78 heavy (non-hydrogen) atoms. The quantitative estimate of drug-likeness (QED) is 0.0476. The van der Waals surface area contributed by atoms with Crippen LogP contribution in [0.1, 0.15) is 100 Å². The molecule has 0 aliphatic carbocycles. The summed E-state index contributed by atoms with van der Waals surface area (Å²) in [4.78, 5) is 57.4. The highest BCUT2D eigenvalue weighted by atomic mass is 28.4. The zero-order chi connectivity index (χ0) is 56.8. The van der Waals surface area contributed by atoms with Gasteiger partial charge in [-0.1, -0.05) is 175 Å². The molecule has 0 radical (unpaired) electrons. The minimum atomic E-state index is -3.51. The highest BCUT2D eigenvalue weighted by Gasteiger charge is 2.55. The second-order valence-electron chi connectivity index (χ2n) is 23.2. The molecule has 5 aromatic carbocycles. The largest absolute Gasteiger partial charge is 0.535 e. The van der Waals surface area contributed by atoms with E-state index in [0.717, 1.165) is 20.7 Å². The lowest BCUT2D eigenvalue weighted by atomic mass is 10.1. The smallest absolute Gasteiger partial charge is 0.426 e. The standard InChI is InChI=1S/C60H70N4O12Si2/c1-57(2,3)74-55(65)62(56(66)75-58(4,5)6)53-50(64(69)70)40-49(54(61-53)71-38-37-42-33-35-43(36-34-42)63(67)68)52-51(76-78(60(10,11)12,47-29-21-15-22-30-47)48-31-23-16-24-32-48)39-44(73-52)41-72-77(59(7,8)9,45-25-17-13-18-26-45)46-27-19-14-20-28-46/h13-36,39-40,44,52H,37-38,41H2,1-12H3. The third kappa shape index (κ3) is 12.9. The molecule has 0 fully saturated rings. The fraction of sp³-hybridized carbons (Fsp3) is 0.350. The van der Waals surface area contributed by atoms with E-state index in [-0.39, 0.29) is 36.8 Å². The maximum absolute atomic E-state index is 14.2. The number of ether oxygens (including phenoxy) is 4. The number of nitro groups is 2. The normalized spacial score (nSPS) is 15.2. The first-order chi connectivity index (χ1) is 36.6. The van der Waals surface area contributed by atoms with Crippen molar-refractivity contribution in [1.29, 1.82) is 0 Å². The fourth-order valence-electron chi connectivity index (χ4n) is 9.75. The number of amides is 2. The molecule has 0 spiro atoms. The van der Waals surface area contributed by atoms with E-state index in [0.29, 0.717) is 16.2 Å². The maximum atomic E-state index is 14.2. The Kier molecular flexibility index (Phi) is 17.3. The molecule has 0 bridgehead atoms. The van der Waals surface area contributed by atoms with Crippen LogP contribution in [0.2, 0.25) is 10.1 Å². The number of hydrogen-bond acceptors (Lipinski definition) is 13. The zero-order valence-corrected chi connectivity index (χ0v) is 48.5. The van der Waals surface area contributed by atoms with Gasteiger partial charge in [-0.15, -0.1) is 0 Å². The molecule has 2 unspecified atom stereocenters. The summed E-state index contributed by atoms with van der Waals surface area (Å²) >= 11 is 0. The molecule has 0 saturated carbocycles. The van der Waals surface area contributed by atoms with Crippen molar-refractivity contribution >= 4 is 66.8 Å². The minimum absolute atomic E-state index is 0.0202. The van der Waals surface area contributed by atoms with Crippen molar-refractivity contribution in [3.05, 3.63) is 195 Å². The van der Waals surface area contributed by atoms with Crippen LogP contribution < -0.4 is 30.4 Å². The molecule has 2 atom stereocenters. The molecule has 1 aromatic heterocycles. The van der Waals surface area contributed by atoms with Gasteiger partial charge in [0.2, 0.25) is 11.7 Å².